The van der Waals surface area contributed by atoms with E-state index in [0.29, 0.717) is 90.3 Å². The molecule has 4 heterocycles. The van der Waals surface area contributed by atoms with Crippen LogP contribution in [0, 0.1) is 11.8 Å². The fraction of sp³-hybridized carbons (Fsp3) is 0.340. The highest BCUT2D eigenvalue weighted by Crippen LogP contribution is 2.29. The summed E-state index contributed by atoms with van der Waals surface area (Å²) >= 11 is 0. The number of hydrogen-bond donors (Lipinski definition) is 2. The van der Waals surface area contributed by atoms with Crippen molar-refractivity contribution in [1.82, 2.24) is 25.1 Å². The lowest BCUT2D eigenvalue weighted by Crippen LogP contribution is -2.37. The normalized spacial score (nSPS) is 16.5. The second kappa shape index (κ2) is 23.9. The summed E-state index contributed by atoms with van der Waals surface area (Å²) in [5.74, 6) is 4.86. The number of ether oxygens (including phenoxy) is 4. The Morgan fingerprint density at radius 2 is 1.33 bits per heavy atom. The summed E-state index contributed by atoms with van der Waals surface area (Å²) in [6.45, 7) is 7.02. The molecule has 7 rings (SSSR count). The molecule has 332 valence electrons. The predicted molar refractivity (Wildman–Crippen MR) is 241 cm³/mol. The van der Waals surface area contributed by atoms with E-state index in [2.05, 4.69) is 36.9 Å². The van der Waals surface area contributed by atoms with E-state index in [1.807, 2.05) is 78.9 Å². The molecular formula is C50H54N6O8. The third-order valence-corrected chi connectivity index (χ3v) is 10.9. The van der Waals surface area contributed by atoms with E-state index in [1.54, 1.807) is 35.4 Å². The Bertz CT molecular complexity index is 2350. The van der Waals surface area contributed by atoms with Crippen molar-refractivity contribution in [3.05, 3.63) is 160 Å². The molecule has 0 bridgehead atoms. The van der Waals surface area contributed by atoms with Crippen molar-refractivity contribution in [1.29, 1.82) is 0 Å². The van der Waals surface area contributed by atoms with E-state index in [9.17, 15) is 19.5 Å². The van der Waals surface area contributed by atoms with Crippen molar-refractivity contribution in [3.63, 3.8) is 0 Å². The van der Waals surface area contributed by atoms with E-state index < -0.39 is 12.0 Å². The molecule has 1 fully saturated rings. The molecule has 3 aromatic carbocycles. The van der Waals surface area contributed by atoms with Crippen LogP contribution < -0.4 is 10.2 Å². The van der Waals surface area contributed by atoms with Crippen molar-refractivity contribution in [2.45, 2.75) is 25.6 Å². The van der Waals surface area contributed by atoms with Gasteiger partial charge in [-0.2, -0.15) is 0 Å². The molecule has 2 N–H and O–H groups in total. The number of anilines is 1. The van der Waals surface area contributed by atoms with Crippen LogP contribution in [0.5, 0.6) is 0 Å². The number of aromatic nitrogens is 2. The Kier molecular flexibility index (Phi) is 17.1. The van der Waals surface area contributed by atoms with Gasteiger partial charge in [0.05, 0.1) is 82.5 Å². The van der Waals surface area contributed by atoms with Crippen LogP contribution in [0.15, 0.2) is 115 Å². The highest BCUT2D eigenvalue weighted by atomic mass is 16.5. The van der Waals surface area contributed by atoms with Gasteiger partial charge in [-0.05, 0) is 65.7 Å². The van der Waals surface area contributed by atoms with Crippen LogP contribution in [0.1, 0.15) is 67.0 Å². The summed E-state index contributed by atoms with van der Waals surface area (Å²) in [6.07, 6.45) is 1.88. The number of carboxylic acids is 1. The van der Waals surface area contributed by atoms with Gasteiger partial charge in [0.1, 0.15) is 5.69 Å². The van der Waals surface area contributed by atoms with Gasteiger partial charge in [-0.25, -0.2) is 9.78 Å². The van der Waals surface area contributed by atoms with E-state index in [-0.39, 0.29) is 30.5 Å². The number of nitrogens with one attached hydrogen (secondary N) is 1. The van der Waals surface area contributed by atoms with Crippen LogP contribution in [-0.4, -0.2) is 128 Å². The fourth-order valence-electron chi connectivity index (χ4n) is 7.59. The van der Waals surface area contributed by atoms with E-state index in [4.69, 9.17) is 18.9 Å². The number of para-hydroxylation sites is 1. The van der Waals surface area contributed by atoms with Gasteiger partial charge in [-0.15, -0.1) is 0 Å². The van der Waals surface area contributed by atoms with Gasteiger partial charge in [0.25, 0.3) is 5.91 Å². The number of fused-ring (bicyclic) bond motifs is 2. The molecule has 2 aromatic heterocycles. The molecule has 0 radical (unpaired) electrons. The quantitative estimate of drug-likeness (QED) is 0.177. The molecule has 2 aliphatic heterocycles. The summed E-state index contributed by atoms with van der Waals surface area (Å²) in [7, 11) is 0. The Morgan fingerprint density at radius 3 is 2.02 bits per heavy atom. The van der Waals surface area contributed by atoms with Crippen LogP contribution in [0.2, 0.25) is 0 Å². The first kappa shape index (κ1) is 45.7. The molecule has 0 spiro atoms. The molecule has 2 amide bonds. The van der Waals surface area contributed by atoms with Crippen molar-refractivity contribution in [2.24, 2.45) is 0 Å². The Hall–Kier alpha value is -6.31. The van der Waals surface area contributed by atoms with Crippen LogP contribution in [0.25, 0.3) is 0 Å². The molecule has 2 aliphatic rings. The zero-order chi connectivity index (χ0) is 44.4. The van der Waals surface area contributed by atoms with Gasteiger partial charge < -0.3 is 34.3 Å². The molecule has 5 aromatic rings. The largest absolute Gasteiger partial charge is 0.477 e. The third-order valence-electron chi connectivity index (χ3n) is 10.9. The molecular weight excluding hydrogens is 813 g/mol. The summed E-state index contributed by atoms with van der Waals surface area (Å²) < 4.78 is 24.0. The van der Waals surface area contributed by atoms with Crippen molar-refractivity contribution in [3.8, 4) is 11.8 Å². The monoisotopic (exact) mass is 866 g/mol. The molecule has 0 aliphatic carbocycles. The molecule has 0 saturated carbocycles. The fourth-order valence-corrected chi connectivity index (χ4v) is 7.59. The lowest BCUT2D eigenvalue weighted by molar-refractivity contribution is -0.118. The van der Waals surface area contributed by atoms with E-state index in [0.717, 1.165) is 46.7 Å². The van der Waals surface area contributed by atoms with Crippen LogP contribution in [-0.2, 0) is 36.8 Å². The van der Waals surface area contributed by atoms with Crippen LogP contribution in [0.4, 0.5) is 5.69 Å². The maximum absolute atomic E-state index is 13.7. The Balaban J connectivity index is 0.997. The zero-order valence-corrected chi connectivity index (χ0v) is 35.9. The van der Waals surface area contributed by atoms with Gasteiger partial charge in [-0.1, -0.05) is 66.4 Å². The zero-order valence-electron chi connectivity index (χ0n) is 35.9. The maximum Gasteiger partial charge on any atom is 0.354 e. The number of nitrogens with zero attached hydrogens (tertiary/aromatic N) is 5. The second-order valence-corrected chi connectivity index (χ2v) is 15.3. The van der Waals surface area contributed by atoms with Gasteiger partial charge >= 0.3 is 5.97 Å². The number of hydrogen-bond acceptors (Lipinski definition) is 11. The smallest absolute Gasteiger partial charge is 0.354 e. The number of rotatable bonds is 10. The summed E-state index contributed by atoms with van der Waals surface area (Å²) in [5.41, 5.74) is 5.98. The average Bonchev–Trinajstić information content (AvgIpc) is 3.31. The highest BCUT2D eigenvalue weighted by Gasteiger charge is 2.26. The lowest BCUT2D eigenvalue weighted by Gasteiger charge is -2.32. The van der Waals surface area contributed by atoms with Gasteiger partial charge in [0.15, 0.2) is 0 Å². The summed E-state index contributed by atoms with van der Waals surface area (Å²) in [5, 5.41) is 12.8. The lowest BCUT2D eigenvalue weighted by atomic mass is 9.99. The molecule has 1 unspecified atom stereocenters. The number of aromatic carboxylic acids is 1. The first-order chi connectivity index (χ1) is 31.4. The summed E-state index contributed by atoms with van der Waals surface area (Å²) in [6, 6.07) is 32.9. The minimum Gasteiger partial charge on any atom is -0.477 e. The number of carboxylic acid groups (broad SMARTS) is 1. The van der Waals surface area contributed by atoms with Gasteiger partial charge in [-0.3, -0.25) is 24.4 Å². The first-order valence-electron chi connectivity index (χ1n) is 21.7. The van der Waals surface area contributed by atoms with Crippen molar-refractivity contribution >= 4 is 23.5 Å². The molecule has 64 heavy (non-hydrogen) atoms. The van der Waals surface area contributed by atoms with Crippen LogP contribution >= 0.6 is 0 Å². The van der Waals surface area contributed by atoms with Crippen molar-refractivity contribution < 1.29 is 38.4 Å². The third kappa shape index (κ3) is 13.1. The predicted octanol–water partition coefficient (Wildman–Crippen LogP) is 5.21. The topological polar surface area (TPSA) is 156 Å². The SMILES string of the molecule is O=C(NCCC(=O)N1Cc2ccccc2C#Cc2ccccc21)c1ccc(C(c2cccc(C(=O)O)n2)N2CCOCCOCCN(Cc3ccccn3)CCOCCOCC2)cc1. The number of carbonyl (C=O) groups is 3. The molecule has 14 heteroatoms. The van der Waals surface area contributed by atoms with Crippen LogP contribution in [0.3, 0.4) is 0 Å². The molecule has 1 atom stereocenters. The minimum absolute atomic E-state index is 0.0776. The van der Waals surface area contributed by atoms with Crippen molar-refractivity contribution in [2.75, 3.05) is 90.5 Å². The number of benzene rings is 3. The maximum atomic E-state index is 13.7. The highest BCUT2D eigenvalue weighted by molar-refractivity contribution is 5.97. The number of carbonyl (C=O) groups excluding carboxylic acids is 2. The van der Waals surface area contributed by atoms with E-state index in [1.165, 1.54) is 6.07 Å². The minimum atomic E-state index is -1.13. The Labute approximate surface area is 374 Å². The second-order valence-electron chi connectivity index (χ2n) is 15.3. The van der Waals surface area contributed by atoms with Gasteiger partial charge in [0, 0.05) is 68.6 Å². The summed E-state index contributed by atoms with van der Waals surface area (Å²) in [4.78, 5) is 54.4. The number of pyridine rings is 2. The first-order valence-corrected chi connectivity index (χ1v) is 21.7. The standard InChI is InChI=1S/C50H54N6O8/c57-47(56-36-42-10-2-1-8-38(42)15-16-39-9-3-4-14-46(39)56)21-23-52-49(58)41-19-17-40(18-20-41)48(44-12-7-13-45(53-44)50(59)60)55-26-30-63-34-32-61-28-24-54(37-43-11-5-6-22-51-43)25-29-62-33-35-64-31-27-55/h1-14,17-20,22,48H,21,23-37H2,(H,52,58)(H,59,60). The van der Waals surface area contributed by atoms with Gasteiger partial charge in [0.2, 0.25) is 5.91 Å². The number of amides is 2. The molecule has 14 nitrogen and oxygen atoms in total. The molecule has 1 saturated heterocycles. The average molecular weight is 867 g/mol. The van der Waals surface area contributed by atoms with E-state index >= 15 is 0 Å². The Morgan fingerprint density at radius 1 is 0.688 bits per heavy atom.